The highest BCUT2D eigenvalue weighted by Gasteiger charge is 2.32. The Morgan fingerprint density at radius 3 is 2.71 bits per heavy atom. The van der Waals surface area contributed by atoms with Crippen LogP contribution in [0.4, 0.5) is 4.79 Å². The van der Waals surface area contributed by atoms with Crippen LogP contribution in [0, 0.1) is 0 Å². The number of methoxy groups -OCH3 is 1. The van der Waals surface area contributed by atoms with Gasteiger partial charge in [-0.1, -0.05) is 13.0 Å². The Bertz CT molecular complexity index is 698. The largest absolute Gasteiger partial charge is 0.493 e. The molecule has 0 atom stereocenters. The molecule has 1 heterocycles. The number of nitrogens with zero attached hydrogens (tertiary/aromatic N) is 1. The summed E-state index contributed by atoms with van der Waals surface area (Å²) >= 11 is 0. The molecule has 24 heavy (non-hydrogen) atoms. The van der Waals surface area contributed by atoms with Gasteiger partial charge in [-0.3, -0.25) is 9.69 Å². The van der Waals surface area contributed by atoms with E-state index in [9.17, 15) is 14.4 Å². The molecule has 2 N–H and O–H groups in total. The van der Waals surface area contributed by atoms with Crippen LogP contribution in [0.25, 0.3) is 6.08 Å². The van der Waals surface area contributed by atoms with Crippen molar-refractivity contribution in [1.29, 1.82) is 0 Å². The van der Waals surface area contributed by atoms with Gasteiger partial charge in [0.15, 0.2) is 18.1 Å². The maximum absolute atomic E-state index is 12.2. The Balaban J connectivity index is 2.22. The molecule has 8 nitrogen and oxygen atoms in total. The summed E-state index contributed by atoms with van der Waals surface area (Å²) < 4.78 is 10.3. The lowest BCUT2D eigenvalue weighted by Gasteiger charge is -2.10. The van der Waals surface area contributed by atoms with Crippen molar-refractivity contribution in [3.05, 3.63) is 29.5 Å². The number of imide groups is 1. The minimum atomic E-state index is -1.10. The molecule has 1 fully saturated rings. The van der Waals surface area contributed by atoms with Gasteiger partial charge in [0.25, 0.3) is 5.91 Å². The summed E-state index contributed by atoms with van der Waals surface area (Å²) in [5.74, 6) is -0.880. The van der Waals surface area contributed by atoms with Gasteiger partial charge in [-0.2, -0.15) is 0 Å². The highest BCUT2D eigenvalue weighted by molar-refractivity contribution is 6.13. The van der Waals surface area contributed by atoms with E-state index >= 15 is 0 Å². The van der Waals surface area contributed by atoms with Crippen LogP contribution in [-0.2, 0) is 9.59 Å². The molecule has 0 saturated carbocycles. The van der Waals surface area contributed by atoms with Crippen molar-refractivity contribution in [3.63, 3.8) is 0 Å². The summed E-state index contributed by atoms with van der Waals surface area (Å²) in [5.41, 5.74) is 0.784. The number of benzene rings is 1. The molecule has 8 heteroatoms. The molecule has 1 aliphatic heterocycles. The Morgan fingerprint density at radius 1 is 1.33 bits per heavy atom. The van der Waals surface area contributed by atoms with Gasteiger partial charge in [0, 0.05) is 6.54 Å². The number of nitrogens with one attached hydrogen (secondary N) is 1. The third-order valence-electron chi connectivity index (χ3n) is 3.26. The smallest absolute Gasteiger partial charge is 0.341 e. The number of rotatable bonds is 7. The number of urea groups is 1. The van der Waals surface area contributed by atoms with Crippen LogP contribution in [0.3, 0.4) is 0 Å². The van der Waals surface area contributed by atoms with E-state index in [1.165, 1.54) is 13.2 Å². The fourth-order valence-electron chi connectivity index (χ4n) is 2.20. The monoisotopic (exact) mass is 334 g/mol. The number of hydrogen-bond acceptors (Lipinski definition) is 5. The predicted molar refractivity (Wildman–Crippen MR) is 84.6 cm³/mol. The van der Waals surface area contributed by atoms with Gasteiger partial charge in [0.05, 0.1) is 7.11 Å². The molecule has 0 aromatic heterocycles. The second kappa shape index (κ2) is 7.49. The molecule has 0 radical (unpaired) electrons. The van der Waals surface area contributed by atoms with Crippen LogP contribution in [0.1, 0.15) is 18.9 Å². The van der Waals surface area contributed by atoms with Gasteiger partial charge in [0.2, 0.25) is 0 Å². The highest BCUT2D eigenvalue weighted by Crippen LogP contribution is 2.29. The summed E-state index contributed by atoms with van der Waals surface area (Å²) in [6.45, 7) is 1.74. The maximum Gasteiger partial charge on any atom is 0.341 e. The Morgan fingerprint density at radius 2 is 2.08 bits per heavy atom. The number of ether oxygens (including phenoxy) is 2. The van der Waals surface area contributed by atoms with Gasteiger partial charge < -0.3 is 19.9 Å². The first-order valence-corrected chi connectivity index (χ1v) is 7.33. The van der Waals surface area contributed by atoms with Crippen molar-refractivity contribution in [3.8, 4) is 11.5 Å². The molecule has 0 spiro atoms. The van der Waals surface area contributed by atoms with Crippen LogP contribution >= 0.6 is 0 Å². The molecule has 1 aromatic rings. The lowest BCUT2D eigenvalue weighted by molar-refractivity contribution is -0.139. The summed E-state index contributed by atoms with van der Waals surface area (Å²) in [7, 11) is 1.42. The molecule has 0 unspecified atom stereocenters. The number of aliphatic carboxylic acids is 1. The fraction of sp³-hybridized carbons (Fsp3) is 0.312. The average molecular weight is 334 g/mol. The highest BCUT2D eigenvalue weighted by atomic mass is 16.5. The molecule has 1 aromatic carbocycles. The van der Waals surface area contributed by atoms with Crippen LogP contribution in [0.2, 0.25) is 0 Å². The van der Waals surface area contributed by atoms with E-state index in [0.29, 0.717) is 24.3 Å². The first-order valence-electron chi connectivity index (χ1n) is 7.33. The molecule has 2 rings (SSSR count). The third kappa shape index (κ3) is 3.83. The summed E-state index contributed by atoms with van der Waals surface area (Å²) in [5, 5.41) is 11.2. The quantitative estimate of drug-likeness (QED) is 0.578. The first-order chi connectivity index (χ1) is 11.5. The molecule has 1 aliphatic rings. The average Bonchev–Trinajstić information content (AvgIpc) is 2.81. The molecule has 0 bridgehead atoms. The van der Waals surface area contributed by atoms with E-state index in [0.717, 1.165) is 4.90 Å². The second-order valence-electron chi connectivity index (χ2n) is 5.04. The van der Waals surface area contributed by atoms with Gasteiger partial charge in [-0.05, 0) is 30.2 Å². The van der Waals surface area contributed by atoms with Crippen LogP contribution in [0.5, 0.6) is 11.5 Å². The lowest BCUT2D eigenvalue weighted by atomic mass is 10.1. The molecule has 0 aliphatic carbocycles. The van der Waals surface area contributed by atoms with Gasteiger partial charge in [0.1, 0.15) is 5.70 Å². The van der Waals surface area contributed by atoms with Crippen LogP contribution in [-0.4, -0.2) is 48.2 Å². The Kier molecular flexibility index (Phi) is 5.41. The number of carboxylic acid groups (broad SMARTS) is 1. The standard InChI is InChI=1S/C16H18N2O6/c1-3-6-18-15(21)11(17-16(18)22)7-10-4-5-12(13(8-10)23-2)24-9-14(19)20/h4-5,7-8H,3,6,9H2,1-2H3,(H,17,22)(H,19,20)/b11-7+. The Hall–Kier alpha value is -3.03. The second-order valence-corrected chi connectivity index (χ2v) is 5.04. The minimum absolute atomic E-state index is 0.176. The van der Waals surface area contributed by atoms with Gasteiger partial charge in [-0.25, -0.2) is 9.59 Å². The van der Waals surface area contributed by atoms with Gasteiger partial charge in [-0.15, -0.1) is 0 Å². The molecular formula is C16H18N2O6. The summed E-state index contributed by atoms with van der Waals surface area (Å²) in [6, 6.07) is 4.32. The predicted octanol–water partition coefficient (Wildman–Crippen LogP) is 1.46. The normalized spacial score (nSPS) is 15.6. The van der Waals surface area contributed by atoms with Gasteiger partial charge >= 0.3 is 12.0 Å². The lowest BCUT2D eigenvalue weighted by Crippen LogP contribution is -2.31. The van der Waals surface area contributed by atoms with E-state index in [1.54, 1.807) is 18.2 Å². The van der Waals surface area contributed by atoms with Crippen molar-refractivity contribution in [1.82, 2.24) is 10.2 Å². The maximum atomic E-state index is 12.2. The van der Waals surface area contributed by atoms with Crippen molar-refractivity contribution in [2.45, 2.75) is 13.3 Å². The van der Waals surface area contributed by atoms with Crippen molar-refractivity contribution in [2.75, 3.05) is 20.3 Å². The van der Waals surface area contributed by atoms with Crippen LogP contribution in [0.15, 0.2) is 23.9 Å². The number of hydrogen-bond donors (Lipinski definition) is 2. The van der Waals surface area contributed by atoms with E-state index in [2.05, 4.69) is 5.32 Å². The van der Waals surface area contributed by atoms with E-state index in [4.69, 9.17) is 14.6 Å². The summed E-state index contributed by atoms with van der Waals surface area (Å²) in [4.78, 5) is 35.6. The van der Waals surface area contributed by atoms with E-state index in [-0.39, 0.29) is 17.4 Å². The zero-order valence-corrected chi connectivity index (χ0v) is 13.4. The zero-order chi connectivity index (χ0) is 17.7. The summed E-state index contributed by atoms with van der Waals surface area (Å²) in [6.07, 6.45) is 2.20. The van der Waals surface area contributed by atoms with Crippen molar-refractivity contribution in [2.24, 2.45) is 0 Å². The fourth-order valence-corrected chi connectivity index (χ4v) is 2.20. The number of carboxylic acids is 1. The Labute approximate surface area is 138 Å². The van der Waals surface area contributed by atoms with Crippen LogP contribution < -0.4 is 14.8 Å². The first kappa shape index (κ1) is 17.3. The zero-order valence-electron chi connectivity index (χ0n) is 13.4. The SMILES string of the molecule is CCCN1C(=O)N/C(=C/c2ccc(OCC(=O)O)c(OC)c2)C1=O. The number of carbonyl (C=O) groups excluding carboxylic acids is 2. The third-order valence-corrected chi connectivity index (χ3v) is 3.26. The van der Waals surface area contributed by atoms with Crippen molar-refractivity contribution < 1.29 is 29.0 Å². The van der Waals surface area contributed by atoms with Crippen molar-refractivity contribution >= 4 is 24.0 Å². The molecular weight excluding hydrogens is 316 g/mol. The van der Waals surface area contributed by atoms with E-state index < -0.39 is 18.6 Å². The number of carbonyl (C=O) groups is 3. The molecule has 128 valence electrons. The van der Waals surface area contributed by atoms with E-state index in [1.807, 2.05) is 6.92 Å². The number of amides is 3. The molecule has 3 amide bonds. The topological polar surface area (TPSA) is 105 Å². The molecule has 1 saturated heterocycles. The minimum Gasteiger partial charge on any atom is -0.493 e.